The maximum Gasteiger partial charge on any atom is 0.221 e. The van der Waals surface area contributed by atoms with Crippen LogP contribution in [0.25, 0.3) is 88.5 Å². The van der Waals surface area contributed by atoms with Gasteiger partial charge in [-0.3, -0.25) is 13.4 Å². The third-order valence-corrected chi connectivity index (χ3v) is 13.9. The van der Waals surface area contributed by atoms with Crippen molar-refractivity contribution in [1.82, 2.24) is 32.9 Å². The Morgan fingerprint density at radius 2 is 1.37 bits per heavy atom. The first-order valence-electron chi connectivity index (χ1n) is 20.0. The summed E-state index contributed by atoms with van der Waals surface area (Å²) < 4.78 is 9.46. The van der Waals surface area contributed by atoms with Gasteiger partial charge < -0.3 is 4.57 Å². The Hall–Kier alpha value is -6.47. The van der Waals surface area contributed by atoms with Crippen LogP contribution in [0, 0.1) is 6.92 Å². The van der Waals surface area contributed by atoms with Gasteiger partial charge in [-0.15, -0.1) is 0 Å². The molecule has 0 aliphatic carbocycles. The van der Waals surface area contributed by atoms with Crippen LogP contribution < -0.4 is 0 Å². The van der Waals surface area contributed by atoms with Crippen molar-refractivity contribution in [3.8, 4) is 11.5 Å². The standard InChI is InChI=1S/C50H43N7/c1-28-13-11-18-38-44(28)53-47-55(38)40-25-34-32-14-9-10-17-37(32)54(39(34)26-41(40)56(47)43-23-29(21-22-51-43)48(2,3)4)30-19-20-31-33-15-12-16-36-45(33)57-42(50(7,8)49(36,5)6)27-52-46(57)35(31)24-30/h9-27H,1-8H3. The molecule has 57 heavy (non-hydrogen) atoms. The summed E-state index contributed by atoms with van der Waals surface area (Å²) in [5.41, 5.74) is 14.7. The number of aromatic nitrogens is 7. The molecule has 7 nitrogen and oxygen atoms in total. The Morgan fingerprint density at radius 1 is 0.579 bits per heavy atom. The van der Waals surface area contributed by atoms with Crippen molar-refractivity contribution in [2.24, 2.45) is 0 Å². The highest BCUT2D eigenvalue weighted by Gasteiger charge is 2.46. The molecule has 0 radical (unpaired) electrons. The van der Waals surface area contributed by atoms with Gasteiger partial charge >= 0.3 is 0 Å². The van der Waals surface area contributed by atoms with Crippen molar-refractivity contribution in [2.45, 2.75) is 71.6 Å². The first kappa shape index (κ1) is 32.7. The van der Waals surface area contributed by atoms with E-state index in [1.165, 1.54) is 43.9 Å². The van der Waals surface area contributed by atoms with Gasteiger partial charge in [-0.25, -0.2) is 15.0 Å². The molecule has 0 amide bonds. The fourth-order valence-corrected chi connectivity index (χ4v) is 10.0. The van der Waals surface area contributed by atoms with E-state index < -0.39 is 0 Å². The molecule has 0 spiro atoms. The number of pyridine rings is 2. The quantitative estimate of drug-likeness (QED) is 0.166. The van der Waals surface area contributed by atoms with E-state index in [9.17, 15) is 0 Å². The van der Waals surface area contributed by atoms with E-state index in [1.54, 1.807) is 0 Å². The fourth-order valence-electron chi connectivity index (χ4n) is 10.0. The molecule has 1 aliphatic heterocycles. The molecule has 6 aromatic heterocycles. The lowest BCUT2D eigenvalue weighted by Gasteiger charge is -2.45. The van der Waals surface area contributed by atoms with Gasteiger partial charge in [0.2, 0.25) is 5.78 Å². The molecule has 7 heterocycles. The predicted molar refractivity (Wildman–Crippen MR) is 235 cm³/mol. The molecule has 1 aliphatic rings. The number of nitrogens with zero attached hydrogens (tertiary/aromatic N) is 7. The van der Waals surface area contributed by atoms with Crippen molar-refractivity contribution in [1.29, 1.82) is 0 Å². The first-order valence-corrected chi connectivity index (χ1v) is 20.0. The molecule has 7 heteroatoms. The smallest absolute Gasteiger partial charge is 0.221 e. The lowest BCUT2D eigenvalue weighted by molar-refractivity contribution is 0.288. The second-order valence-corrected chi connectivity index (χ2v) is 18.4. The van der Waals surface area contributed by atoms with Crippen molar-refractivity contribution in [3.05, 3.63) is 138 Å². The molecule has 0 unspecified atom stereocenters. The molecule has 11 aromatic rings. The van der Waals surface area contributed by atoms with Crippen molar-refractivity contribution in [2.75, 3.05) is 0 Å². The molecular weight excluding hydrogens is 699 g/mol. The minimum Gasteiger partial charge on any atom is -0.309 e. The zero-order valence-corrected chi connectivity index (χ0v) is 33.6. The summed E-state index contributed by atoms with van der Waals surface area (Å²) >= 11 is 0. The Balaban J connectivity index is 1.20. The average Bonchev–Trinajstić information content (AvgIpc) is 3.96. The van der Waals surface area contributed by atoms with Gasteiger partial charge in [0, 0.05) is 56.1 Å². The number of hydrogen-bond acceptors (Lipinski definition) is 3. The van der Waals surface area contributed by atoms with E-state index in [0.717, 1.165) is 67.0 Å². The van der Waals surface area contributed by atoms with Gasteiger partial charge in [-0.05, 0) is 82.9 Å². The molecule has 0 N–H and O–H groups in total. The lowest BCUT2D eigenvalue weighted by Crippen LogP contribution is -2.44. The van der Waals surface area contributed by atoms with Crippen LogP contribution in [0.2, 0.25) is 0 Å². The Labute approximate surface area is 329 Å². The minimum atomic E-state index is -0.114. The average molecular weight is 742 g/mol. The van der Waals surface area contributed by atoms with Crippen LogP contribution in [-0.2, 0) is 16.2 Å². The summed E-state index contributed by atoms with van der Waals surface area (Å²) in [7, 11) is 0. The normalized spacial score (nSPS) is 15.3. The van der Waals surface area contributed by atoms with Crippen LogP contribution in [0.1, 0.15) is 70.9 Å². The number of aryl methyl sites for hydroxylation is 1. The van der Waals surface area contributed by atoms with Gasteiger partial charge in [0.25, 0.3) is 0 Å². The Morgan fingerprint density at radius 3 is 2.21 bits per heavy atom. The van der Waals surface area contributed by atoms with Gasteiger partial charge in [-0.1, -0.05) is 103 Å². The maximum atomic E-state index is 5.33. The largest absolute Gasteiger partial charge is 0.309 e. The van der Waals surface area contributed by atoms with Crippen LogP contribution >= 0.6 is 0 Å². The topological polar surface area (TPSA) is 57.4 Å². The number of rotatable bonds is 2. The number of para-hydroxylation sites is 3. The van der Waals surface area contributed by atoms with Gasteiger partial charge in [0.05, 0.1) is 38.6 Å². The highest BCUT2D eigenvalue weighted by Crippen LogP contribution is 2.51. The summed E-state index contributed by atoms with van der Waals surface area (Å²) in [6.07, 6.45) is 4.06. The monoisotopic (exact) mass is 741 g/mol. The minimum absolute atomic E-state index is 0.0398. The van der Waals surface area contributed by atoms with Crippen LogP contribution in [0.4, 0.5) is 0 Å². The van der Waals surface area contributed by atoms with E-state index in [2.05, 4.69) is 183 Å². The molecule has 0 saturated carbocycles. The van der Waals surface area contributed by atoms with Crippen molar-refractivity contribution in [3.63, 3.8) is 0 Å². The van der Waals surface area contributed by atoms with Crippen LogP contribution in [-0.4, -0.2) is 32.9 Å². The van der Waals surface area contributed by atoms with E-state index in [1.807, 2.05) is 6.20 Å². The van der Waals surface area contributed by atoms with Gasteiger partial charge in [0.1, 0.15) is 11.5 Å². The van der Waals surface area contributed by atoms with Crippen molar-refractivity contribution < 1.29 is 0 Å². The van der Waals surface area contributed by atoms with E-state index in [0.29, 0.717) is 0 Å². The van der Waals surface area contributed by atoms with Gasteiger partial charge in [-0.2, -0.15) is 0 Å². The molecule has 12 rings (SSSR count). The Bertz CT molecular complexity index is 3580. The SMILES string of the molecule is Cc1cccc2c1nc1n(-c3cc(C(C)(C)C)ccn3)c3cc4c(cc3n21)c1ccccc1n4-c1ccc2c(c1)c1ncc3n1c1c(cccc21)C(C)(C)C3(C)C. The number of benzene rings is 5. The van der Waals surface area contributed by atoms with Crippen LogP contribution in [0.15, 0.2) is 116 Å². The second kappa shape index (κ2) is 10.5. The second-order valence-electron chi connectivity index (χ2n) is 18.4. The summed E-state index contributed by atoms with van der Waals surface area (Å²) in [6, 6.07) is 38.1. The maximum absolute atomic E-state index is 5.33. The van der Waals surface area contributed by atoms with E-state index >= 15 is 0 Å². The van der Waals surface area contributed by atoms with E-state index in [4.69, 9.17) is 15.0 Å². The predicted octanol–water partition coefficient (Wildman–Crippen LogP) is 12.1. The summed E-state index contributed by atoms with van der Waals surface area (Å²) in [4.78, 5) is 15.5. The van der Waals surface area contributed by atoms with Gasteiger partial charge in [0.15, 0.2) is 0 Å². The molecular formula is C50H43N7. The zero-order chi connectivity index (χ0) is 38.9. The third-order valence-electron chi connectivity index (χ3n) is 13.9. The fraction of sp³-hybridized carbons (Fsp3) is 0.220. The highest BCUT2D eigenvalue weighted by atomic mass is 15.2. The zero-order valence-electron chi connectivity index (χ0n) is 33.6. The number of fused-ring (bicyclic) bond motifs is 11. The van der Waals surface area contributed by atoms with Crippen LogP contribution in [0.5, 0.6) is 0 Å². The summed E-state index contributed by atoms with van der Waals surface area (Å²) in [5, 5.41) is 6.04. The number of imidazole rings is 3. The number of hydrogen-bond donors (Lipinski definition) is 0. The third kappa shape index (κ3) is 3.99. The molecule has 0 atom stereocenters. The Kier molecular flexibility index (Phi) is 6.02. The van der Waals surface area contributed by atoms with Crippen molar-refractivity contribution >= 4 is 77.0 Å². The lowest BCUT2D eigenvalue weighted by atomic mass is 9.61. The molecule has 0 saturated heterocycles. The summed E-state index contributed by atoms with van der Waals surface area (Å²) in [5.74, 6) is 1.72. The molecule has 278 valence electrons. The highest BCUT2D eigenvalue weighted by molar-refractivity contribution is 6.16. The molecule has 5 aromatic carbocycles. The van der Waals surface area contributed by atoms with E-state index in [-0.39, 0.29) is 16.2 Å². The first-order chi connectivity index (χ1) is 27.3. The summed E-state index contributed by atoms with van der Waals surface area (Å²) in [6.45, 7) is 18.4. The van der Waals surface area contributed by atoms with Crippen LogP contribution in [0.3, 0.4) is 0 Å². The molecule has 0 fully saturated rings. The molecule has 0 bridgehead atoms.